The van der Waals surface area contributed by atoms with Crippen molar-refractivity contribution in [2.75, 3.05) is 13.7 Å². The molecule has 1 aromatic rings. The number of hydrogen-bond acceptors (Lipinski definition) is 5. The second-order valence-corrected chi connectivity index (χ2v) is 8.08. The summed E-state index contributed by atoms with van der Waals surface area (Å²) in [4.78, 5) is 0. The van der Waals surface area contributed by atoms with Gasteiger partial charge in [-0.3, -0.25) is 4.57 Å². The first kappa shape index (κ1) is 14.3. The van der Waals surface area contributed by atoms with Crippen LogP contribution in [0.3, 0.4) is 0 Å². The first-order valence-electron chi connectivity index (χ1n) is 6.89. The van der Waals surface area contributed by atoms with Gasteiger partial charge in [0, 0.05) is 30.3 Å². The molecule has 0 N–H and O–H groups in total. The van der Waals surface area contributed by atoms with E-state index in [-0.39, 0.29) is 5.16 Å². The van der Waals surface area contributed by atoms with Crippen LogP contribution in [-0.2, 0) is 20.3 Å². The number of methoxy groups -OCH3 is 1. The summed E-state index contributed by atoms with van der Waals surface area (Å²) >= 11 is 0. The van der Waals surface area contributed by atoms with Crippen molar-refractivity contribution in [3.05, 3.63) is 5.82 Å². The Morgan fingerprint density at radius 1 is 1.30 bits per heavy atom. The summed E-state index contributed by atoms with van der Waals surface area (Å²) in [6.07, 6.45) is 4.78. The number of rotatable bonds is 7. The lowest BCUT2D eigenvalue weighted by Gasteiger charge is -2.16. The largest absolute Gasteiger partial charge is 0.383 e. The zero-order valence-electron chi connectivity index (χ0n) is 11.3. The molecule has 8 heteroatoms. The van der Waals surface area contributed by atoms with Gasteiger partial charge in [-0.1, -0.05) is 0 Å². The van der Waals surface area contributed by atoms with Crippen molar-refractivity contribution in [3.8, 4) is 0 Å². The van der Waals surface area contributed by atoms with Gasteiger partial charge in [0.2, 0.25) is 0 Å². The Morgan fingerprint density at radius 2 is 1.90 bits per heavy atom. The number of aromatic nitrogens is 3. The summed E-state index contributed by atoms with van der Waals surface area (Å²) in [7, 11) is 3.16. The average molecular weight is 320 g/mol. The van der Waals surface area contributed by atoms with Gasteiger partial charge in [-0.15, -0.1) is 10.2 Å². The van der Waals surface area contributed by atoms with Crippen molar-refractivity contribution in [1.82, 2.24) is 14.8 Å². The summed E-state index contributed by atoms with van der Waals surface area (Å²) in [6.45, 7) is 0.822. The molecule has 6 nitrogen and oxygen atoms in total. The van der Waals surface area contributed by atoms with Crippen LogP contribution >= 0.6 is 10.7 Å². The highest BCUT2D eigenvalue weighted by Crippen LogP contribution is 2.54. The highest BCUT2D eigenvalue weighted by atomic mass is 35.7. The van der Waals surface area contributed by atoms with Gasteiger partial charge in [-0.05, 0) is 37.5 Å². The molecule has 0 unspecified atom stereocenters. The normalized spacial score (nSPS) is 19.8. The molecule has 0 bridgehead atoms. The van der Waals surface area contributed by atoms with E-state index in [9.17, 15) is 8.42 Å². The Hall–Kier alpha value is -0.660. The molecule has 0 saturated heterocycles. The Kier molecular flexibility index (Phi) is 3.77. The maximum absolute atomic E-state index is 11.6. The van der Waals surface area contributed by atoms with E-state index in [1.54, 1.807) is 11.7 Å². The molecule has 0 aliphatic heterocycles. The van der Waals surface area contributed by atoms with Gasteiger partial charge in [0.25, 0.3) is 14.2 Å². The molecule has 2 fully saturated rings. The highest BCUT2D eigenvalue weighted by molar-refractivity contribution is 8.13. The van der Waals surface area contributed by atoms with Crippen molar-refractivity contribution in [2.45, 2.75) is 43.3 Å². The molecular weight excluding hydrogens is 302 g/mol. The lowest BCUT2D eigenvalue weighted by molar-refractivity contribution is 0.182. The van der Waals surface area contributed by atoms with E-state index in [0.717, 1.165) is 5.82 Å². The third-order valence-corrected chi connectivity index (χ3v) is 5.19. The molecule has 0 amide bonds. The molecule has 0 radical (unpaired) electrons. The fourth-order valence-corrected chi connectivity index (χ4v) is 3.77. The standard InChI is InChI=1S/C12H18ClN3O3S/c1-19-7-6-16-11(14-15-12(16)20(13,17)18)10(8-2-3-8)9-4-5-9/h8-10H,2-7H2,1H3. The van der Waals surface area contributed by atoms with E-state index >= 15 is 0 Å². The highest BCUT2D eigenvalue weighted by Gasteiger charge is 2.45. The average Bonchev–Trinajstić information content (AvgIpc) is 3.26. The Labute approximate surface area is 122 Å². The van der Waals surface area contributed by atoms with Crippen molar-refractivity contribution >= 4 is 19.7 Å². The summed E-state index contributed by atoms with van der Waals surface area (Å²) in [5, 5.41) is 7.82. The van der Waals surface area contributed by atoms with Crippen LogP contribution in [0.4, 0.5) is 0 Å². The van der Waals surface area contributed by atoms with Gasteiger partial charge in [-0.2, -0.15) is 0 Å². The minimum absolute atomic E-state index is 0.155. The lowest BCUT2D eigenvalue weighted by atomic mass is 9.97. The fraction of sp³-hybridized carbons (Fsp3) is 0.833. The van der Waals surface area contributed by atoms with E-state index < -0.39 is 9.05 Å². The molecule has 2 aliphatic carbocycles. The SMILES string of the molecule is COCCn1c(C(C2CC2)C2CC2)nnc1S(=O)(=O)Cl. The van der Waals surface area contributed by atoms with E-state index in [1.807, 2.05) is 0 Å². The number of halogens is 1. The summed E-state index contributed by atoms with van der Waals surface area (Å²) in [5.74, 6) is 2.34. The van der Waals surface area contributed by atoms with Crippen LogP contribution in [0.2, 0.25) is 0 Å². The van der Waals surface area contributed by atoms with Gasteiger partial charge < -0.3 is 4.74 Å². The number of ether oxygens (including phenoxy) is 1. The smallest absolute Gasteiger partial charge is 0.296 e. The van der Waals surface area contributed by atoms with Gasteiger partial charge >= 0.3 is 0 Å². The first-order valence-corrected chi connectivity index (χ1v) is 9.20. The lowest BCUT2D eigenvalue weighted by Crippen LogP contribution is -2.17. The molecule has 2 aliphatic rings. The maximum Gasteiger partial charge on any atom is 0.296 e. The van der Waals surface area contributed by atoms with Crippen LogP contribution in [0.1, 0.15) is 37.4 Å². The minimum Gasteiger partial charge on any atom is -0.383 e. The van der Waals surface area contributed by atoms with Crippen LogP contribution in [0.25, 0.3) is 0 Å². The van der Waals surface area contributed by atoms with Crippen molar-refractivity contribution in [2.24, 2.45) is 11.8 Å². The van der Waals surface area contributed by atoms with Crippen LogP contribution in [0, 0.1) is 11.8 Å². The van der Waals surface area contributed by atoms with Crippen LogP contribution in [0.5, 0.6) is 0 Å². The van der Waals surface area contributed by atoms with Gasteiger partial charge in [0.05, 0.1) is 6.61 Å². The molecule has 1 aromatic heterocycles. The molecule has 3 rings (SSSR count). The Balaban J connectivity index is 1.98. The van der Waals surface area contributed by atoms with E-state index in [0.29, 0.717) is 30.9 Å². The monoisotopic (exact) mass is 319 g/mol. The third-order valence-electron chi connectivity index (χ3n) is 4.04. The molecule has 0 aromatic carbocycles. The van der Waals surface area contributed by atoms with Gasteiger partial charge in [0.15, 0.2) is 0 Å². The Morgan fingerprint density at radius 3 is 2.35 bits per heavy atom. The van der Waals surface area contributed by atoms with Crippen molar-refractivity contribution in [1.29, 1.82) is 0 Å². The first-order chi connectivity index (χ1) is 9.52. The zero-order chi connectivity index (χ0) is 14.3. The summed E-state index contributed by atoms with van der Waals surface area (Å²) < 4.78 is 29.9. The molecule has 112 valence electrons. The summed E-state index contributed by atoms with van der Waals surface area (Å²) in [5.41, 5.74) is 0. The zero-order valence-corrected chi connectivity index (χ0v) is 12.9. The quantitative estimate of drug-likeness (QED) is 0.716. The maximum atomic E-state index is 11.6. The van der Waals surface area contributed by atoms with Gasteiger partial charge in [0.1, 0.15) is 5.82 Å². The van der Waals surface area contributed by atoms with Crippen LogP contribution < -0.4 is 0 Å². The van der Waals surface area contributed by atoms with E-state index in [2.05, 4.69) is 10.2 Å². The topological polar surface area (TPSA) is 74.1 Å². The third kappa shape index (κ3) is 2.84. The minimum atomic E-state index is -3.88. The predicted molar refractivity (Wildman–Crippen MR) is 73.1 cm³/mol. The van der Waals surface area contributed by atoms with Crippen molar-refractivity contribution < 1.29 is 13.2 Å². The molecule has 20 heavy (non-hydrogen) atoms. The van der Waals surface area contributed by atoms with Crippen LogP contribution in [0.15, 0.2) is 5.16 Å². The molecule has 0 atom stereocenters. The van der Waals surface area contributed by atoms with E-state index in [1.165, 1.54) is 25.7 Å². The number of hydrogen-bond donors (Lipinski definition) is 0. The number of nitrogens with zero attached hydrogens (tertiary/aromatic N) is 3. The summed E-state index contributed by atoms with van der Waals surface area (Å²) in [6, 6.07) is 0. The predicted octanol–water partition coefficient (Wildman–Crippen LogP) is 1.76. The molecular formula is C12H18ClN3O3S. The molecule has 2 saturated carbocycles. The van der Waals surface area contributed by atoms with Gasteiger partial charge in [-0.25, -0.2) is 8.42 Å². The second-order valence-electron chi connectivity index (χ2n) is 5.62. The molecule has 0 spiro atoms. The fourth-order valence-electron chi connectivity index (χ4n) is 2.84. The van der Waals surface area contributed by atoms with E-state index in [4.69, 9.17) is 15.4 Å². The second kappa shape index (κ2) is 5.27. The Bertz CT molecular complexity index is 581. The van der Waals surface area contributed by atoms with Crippen molar-refractivity contribution in [3.63, 3.8) is 0 Å². The molecule has 1 heterocycles. The van der Waals surface area contributed by atoms with Crippen LogP contribution in [-0.4, -0.2) is 36.9 Å².